The van der Waals surface area contributed by atoms with Gasteiger partial charge in [0.2, 0.25) is 0 Å². The lowest BCUT2D eigenvalue weighted by Gasteiger charge is -2.09. The molecule has 8 heteroatoms. The van der Waals surface area contributed by atoms with Crippen LogP contribution < -0.4 is 14.8 Å². The van der Waals surface area contributed by atoms with Gasteiger partial charge in [-0.25, -0.2) is 9.59 Å². The topological polar surface area (TPSA) is 114 Å². The van der Waals surface area contributed by atoms with E-state index in [9.17, 15) is 0 Å². The molecular formula is C17H25NO7. The summed E-state index contributed by atoms with van der Waals surface area (Å²) < 4.78 is 16.4. The highest BCUT2D eigenvalue weighted by Gasteiger charge is 2.04. The standard InChI is InChI=1S/C15H23NO3.C2H2O4/c1-3-8-16-9-10-17-11-12-19-15-7-5-6-14(13-15)18-4-2;3-1(4)2(5)6/h3,5-7,13,16H,1,4,8-12H2,2H3;(H,3,4)(H,5,6). The smallest absolute Gasteiger partial charge is 0.414 e. The van der Waals surface area contributed by atoms with E-state index < -0.39 is 11.9 Å². The lowest BCUT2D eigenvalue weighted by atomic mass is 10.3. The van der Waals surface area contributed by atoms with Crippen LogP contribution in [0.2, 0.25) is 0 Å². The van der Waals surface area contributed by atoms with Crippen LogP contribution >= 0.6 is 0 Å². The Morgan fingerprint density at radius 1 is 1.12 bits per heavy atom. The second-order valence-corrected chi connectivity index (χ2v) is 4.47. The maximum atomic E-state index is 9.10. The molecule has 140 valence electrons. The van der Waals surface area contributed by atoms with Crippen LogP contribution in [-0.4, -0.2) is 61.7 Å². The summed E-state index contributed by atoms with van der Waals surface area (Å²) in [6.45, 7) is 9.67. The van der Waals surface area contributed by atoms with Gasteiger partial charge in [-0.05, 0) is 19.1 Å². The van der Waals surface area contributed by atoms with Crippen LogP contribution in [0.3, 0.4) is 0 Å². The van der Waals surface area contributed by atoms with Crippen LogP contribution in [0.5, 0.6) is 11.5 Å². The fourth-order valence-electron chi connectivity index (χ4n) is 1.49. The van der Waals surface area contributed by atoms with Gasteiger partial charge in [0.25, 0.3) is 0 Å². The van der Waals surface area contributed by atoms with Gasteiger partial charge in [0.15, 0.2) is 0 Å². The average molecular weight is 355 g/mol. The van der Waals surface area contributed by atoms with E-state index >= 15 is 0 Å². The molecule has 0 aliphatic rings. The van der Waals surface area contributed by atoms with Crippen LogP contribution in [0, 0.1) is 0 Å². The molecule has 1 aromatic rings. The van der Waals surface area contributed by atoms with Crippen LogP contribution in [0.4, 0.5) is 0 Å². The Hall–Kier alpha value is -2.58. The first kappa shape index (κ1) is 22.4. The molecule has 0 saturated heterocycles. The van der Waals surface area contributed by atoms with Crippen molar-refractivity contribution in [1.29, 1.82) is 0 Å². The van der Waals surface area contributed by atoms with Crippen molar-refractivity contribution < 1.29 is 34.0 Å². The second kappa shape index (κ2) is 15.0. The molecular weight excluding hydrogens is 330 g/mol. The lowest BCUT2D eigenvalue weighted by Crippen LogP contribution is -2.20. The number of ether oxygens (including phenoxy) is 3. The number of carboxylic acid groups (broad SMARTS) is 2. The minimum atomic E-state index is -1.82. The van der Waals surface area contributed by atoms with E-state index in [1.807, 2.05) is 37.3 Å². The number of carboxylic acids is 2. The Morgan fingerprint density at radius 3 is 2.32 bits per heavy atom. The first-order valence-corrected chi connectivity index (χ1v) is 7.72. The number of carbonyl (C=O) groups is 2. The van der Waals surface area contributed by atoms with E-state index in [1.165, 1.54) is 0 Å². The highest BCUT2D eigenvalue weighted by atomic mass is 16.5. The Bertz CT molecular complexity index is 507. The van der Waals surface area contributed by atoms with E-state index in [4.69, 9.17) is 34.0 Å². The maximum Gasteiger partial charge on any atom is 0.414 e. The number of hydrogen-bond donors (Lipinski definition) is 3. The summed E-state index contributed by atoms with van der Waals surface area (Å²) in [5.41, 5.74) is 0. The van der Waals surface area contributed by atoms with Gasteiger partial charge in [-0.2, -0.15) is 0 Å². The first-order valence-electron chi connectivity index (χ1n) is 7.72. The van der Waals surface area contributed by atoms with Gasteiger partial charge in [0.05, 0.1) is 19.8 Å². The highest BCUT2D eigenvalue weighted by Crippen LogP contribution is 2.19. The summed E-state index contributed by atoms with van der Waals surface area (Å²) in [5, 5.41) is 17.9. The fourth-order valence-corrected chi connectivity index (χ4v) is 1.49. The molecule has 0 bridgehead atoms. The molecule has 3 N–H and O–H groups in total. The average Bonchev–Trinajstić information content (AvgIpc) is 2.58. The minimum Gasteiger partial charge on any atom is -0.494 e. The summed E-state index contributed by atoms with van der Waals surface area (Å²) in [4.78, 5) is 18.2. The molecule has 0 aliphatic carbocycles. The van der Waals surface area contributed by atoms with Gasteiger partial charge in [-0.15, -0.1) is 6.58 Å². The Balaban J connectivity index is 0.000000823. The summed E-state index contributed by atoms with van der Waals surface area (Å²) in [7, 11) is 0. The number of hydrogen-bond acceptors (Lipinski definition) is 6. The number of nitrogens with one attached hydrogen (secondary N) is 1. The van der Waals surface area contributed by atoms with Crippen LogP contribution in [0.25, 0.3) is 0 Å². The van der Waals surface area contributed by atoms with E-state index in [2.05, 4.69) is 11.9 Å². The van der Waals surface area contributed by atoms with Gasteiger partial charge >= 0.3 is 11.9 Å². The van der Waals surface area contributed by atoms with Gasteiger partial charge in [0, 0.05) is 19.2 Å². The molecule has 0 fully saturated rings. The molecule has 0 spiro atoms. The second-order valence-electron chi connectivity index (χ2n) is 4.47. The molecule has 0 aromatic heterocycles. The summed E-state index contributed by atoms with van der Waals surface area (Å²) in [6.07, 6.45) is 1.83. The molecule has 25 heavy (non-hydrogen) atoms. The van der Waals surface area contributed by atoms with Crippen molar-refractivity contribution in [1.82, 2.24) is 5.32 Å². The summed E-state index contributed by atoms with van der Waals surface area (Å²) >= 11 is 0. The van der Waals surface area contributed by atoms with Crippen molar-refractivity contribution in [3.8, 4) is 11.5 Å². The lowest BCUT2D eigenvalue weighted by molar-refractivity contribution is -0.159. The molecule has 1 aromatic carbocycles. The molecule has 1 rings (SSSR count). The largest absolute Gasteiger partial charge is 0.494 e. The zero-order chi connectivity index (χ0) is 18.9. The van der Waals surface area contributed by atoms with Crippen LogP contribution in [-0.2, 0) is 14.3 Å². The first-order chi connectivity index (χ1) is 12.0. The van der Waals surface area contributed by atoms with Crippen molar-refractivity contribution >= 4 is 11.9 Å². The summed E-state index contributed by atoms with van der Waals surface area (Å²) in [6, 6.07) is 7.63. The van der Waals surface area contributed by atoms with E-state index in [1.54, 1.807) is 0 Å². The van der Waals surface area contributed by atoms with Crippen molar-refractivity contribution in [2.45, 2.75) is 6.92 Å². The fraction of sp³-hybridized carbons (Fsp3) is 0.412. The third-order valence-corrected chi connectivity index (χ3v) is 2.51. The molecule has 0 atom stereocenters. The van der Waals surface area contributed by atoms with Gasteiger partial charge in [-0.3, -0.25) is 0 Å². The maximum absolute atomic E-state index is 9.10. The van der Waals surface area contributed by atoms with Crippen molar-refractivity contribution in [2.75, 3.05) is 39.5 Å². The van der Waals surface area contributed by atoms with Gasteiger partial charge < -0.3 is 29.7 Å². The molecule has 0 amide bonds. The predicted octanol–water partition coefficient (Wildman–Crippen LogP) is 1.41. The number of rotatable bonds is 11. The molecule has 0 heterocycles. The number of benzene rings is 1. The van der Waals surface area contributed by atoms with E-state index in [0.717, 1.165) is 24.6 Å². The van der Waals surface area contributed by atoms with E-state index in [-0.39, 0.29) is 0 Å². The molecule has 0 radical (unpaired) electrons. The molecule has 8 nitrogen and oxygen atoms in total. The van der Waals surface area contributed by atoms with Gasteiger partial charge in [0.1, 0.15) is 18.1 Å². The highest BCUT2D eigenvalue weighted by molar-refractivity contribution is 6.27. The molecule has 0 aliphatic heterocycles. The summed E-state index contributed by atoms with van der Waals surface area (Å²) in [5.74, 6) is -2.01. The quantitative estimate of drug-likeness (QED) is 0.310. The monoisotopic (exact) mass is 355 g/mol. The third-order valence-electron chi connectivity index (χ3n) is 2.51. The van der Waals surface area contributed by atoms with Crippen molar-refractivity contribution in [2.24, 2.45) is 0 Å². The normalized spacial score (nSPS) is 9.48. The zero-order valence-corrected chi connectivity index (χ0v) is 14.3. The third kappa shape index (κ3) is 13.5. The molecule has 0 saturated carbocycles. The molecule has 0 unspecified atom stereocenters. The van der Waals surface area contributed by atoms with Crippen molar-refractivity contribution in [3.05, 3.63) is 36.9 Å². The zero-order valence-electron chi connectivity index (χ0n) is 14.3. The predicted molar refractivity (Wildman–Crippen MR) is 92.3 cm³/mol. The minimum absolute atomic E-state index is 0.539. The Kier molecular flexibility index (Phi) is 13.4. The van der Waals surface area contributed by atoms with Crippen molar-refractivity contribution in [3.63, 3.8) is 0 Å². The Labute approximate surface area is 147 Å². The van der Waals surface area contributed by atoms with E-state index in [0.29, 0.717) is 26.4 Å². The Morgan fingerprint density at radius 2 is 1.76 bits per heavy atom. The van der Waals surface area contributed by atoms with Gasteiger partial charge in [-0.1, -0.05) is 12.1 Å². The number of aliphatic carboxylic acids is 2. The van der Waals surface area contributed by atoms with Crippen LogP contribution in [0.1, 0.15) is 6.92 Å². The SMILES string of the molecule is C=CCNCCOCCOc1cccc(OCC)c1.O=C(O)C(=O)O. The van der Waals surface area contributed by atoms with Crippen LogP contribution in [0.15, 0.2) is 36.9 Å².